The van der Waals surface area contributed by atoms with Crippen LogP contribution in [-0.4, -0.2) is 40.1 Å². The SMILES string of the molecule is C=CCNc1nnc(SCC(=O)Nc2c(C#N)c(C)c(C)n2-c2ccc(OC)cc2)s1. The summed E-state index contributed by atoms with van der Waals surface area (Å²) in [6.45, 7) is 8.03. The maximum atomic E-state index is 12.7. The van der Waals surface area contributed by atoms with Crippen LogP contribution in [0.3, 0.4) is 0 Å². The van der Waals surface area contributed by atoms with Gasteiger partial charge in [0.2, 0.25) is 11.0 Å². The molecule has 2 aromatic heterocycles. The van der Waals surface area contributed by atoms with Gasteiger partial charge < -0.3 is 15.4 Å². The molecule has 0 spiro atoms. The van der Waals surface area contributed by atoms with Gasteiger partial charge in [0.05, 0.1) is 18.4 Å². The van der Waals surface area contributed by atoms with Gasteiger partial charge in [-0.05, 0) is 43.7 Å². The number of anilines is 2. The number of rotatable bonds is 9. The lowest BCUT2D eigenvalue weighted by Crippen LogP contribution is -2.17. The summed E-state index contributed by atoms with van der Waals surface area (Å²) in [5.74, 6) is 1.10. The van der Waals surface area contributed by atoms with E-state index >= 15 is 0 Å². The Morgan fingerprint density at radius 3 is 2.74 bits per heavy atom. The standard InChI is InChI=1S/C21H22N6O2S2/c1-5-10-23-20-25-26-21(31-20)30-12-18(28)24-19-17(11-22)13(2)14(3)27(19)15-6-8-16(29-4)9-7-15/h5-9H,1,10,12H2,2-4H3,(H,23,25)(H,24,28). The third kappa shape index (κ3) is 5.07. The highest BCUT2D eigenvalue weighted by atomic mass is 32.2. The molecular weight excluding hydrogens is 432 g/mol. The van der Waals surface area contributed by atoms with E-state index in [1.54, 1.807) is 13.2 Å². The number of hydrogen-bond acceptors (Lipinski definition) is 8. The van der Waals surface area contributed by atoms with Crippen LogP contribution in [0.5, 0.6) is 5.75 Å². The maximum Gasteiger partial charge on any atom is 0.235 e. The number of aromatic nitrogens is 3. The largest absolute Gasteiger partial charge is 0.497 e. The summed E-state index contributed by atoms with van der Waals surface area (Å²) in [7, 11) is 1.60. The van der Waals surface area contributed by atoms with Gasteiger partial charge in [-0.25, -0.2) is 0 Å². The molecule has 3 rings (SSSR count). The molecule has 3 aromatic rings. The summed E-state index contributed by atoms with van der Waals surface area (Å²) in [4.78, 5) is 12.7. The Kier molecular flexibility index (Phi) is 7.33. The van der Waals surface area contributed by atoms with Crippen LogP contribution in [-0.2, 0) is 4.79 Å². The number of thioether (sulfide) groups is 1. The second kappa shape index (κ2) is 10.1. The fourth-order valence-electron chi connectivity index (χ4n) is 2.91. The second-order valence-electron chi connectivity index (χ2n) is 6.46. The summed E-state index contributed by atoms with van der Waals surface area (Å²) < 4.78 is 7.78. The summed E-state index contributed by atoms with van der Waals surface area (Å²) in [6, 6.07) is 9.66. The van der Waals surface area contributed by atoms with Crippen molar-refractivity contribution in [3.63, 3.8) is 0 Å². The summed E-state index contributed by atoms with van der Waals surface area (Å²) >= 11 is 2.66. The van der Waals surface area contributed by atoms with Crippen molar-refractivity contribution in [1.29, 1.82) is 5.26 Å². The summed E-state index contributed by atoms with van der Waals surface area (Å²) in [5, 5.41) is 24.4. The third-order valence-corrected chi connectivity index (χ3v) is 6.56. The highest BCUT2D eigenvalue weighted by molar-refractivity contribution is 8.01. The predicted molar refractivity (Wildman–Crippen MR) is 124 cm³/mol. The Bertz CT molecular complexity index is 1130. The first-order valence-electron chi connectivity index (χ1n) is 9.35. The highest BCUT2D eigenvalue weighted by Crippen LogP contribution is 2.31. The number of carbonyl (C=O) groups excluding carboxylic acids is 1. The zero-order chi connectivity index (χ0) is 22.4. The second-order valence-corrected chi connectivity index (χ2v) is 8.66. The molecule has 0 saturated heterocycles. The topological polar surface area (TPSA) is 105 Å². The van der Waals surface area contributed by atoms with Gasteiger partial charge in [-0.1, -0.05) is 29.2 Å². The molecular formula is C21H22N6O2S2. The van der Waals surface area contributed by atoms with Crippen molar-refractivity contribution >= 4 is 40.0 Å². The van der Waals surface area contributed by atoms with Gasteiger partial charge >= 0.3 is 0 Å². The fraction of sp³-hybridized carbons (Fsp3) is 0.238. The van der Waals surface area contributed by atoms with Gasteiger partial charge in [0.1, 0.15) is 17.6 Å². The number of nitrogens with one attached hydrogen (secondary N) is 2. The Hall–Kier alpha value is -3.29. The predicted octanol–water partition coefficient (Wildman–Crippen LogP) is 4.15. The Balaban J connectivity index is 1.79. The number of ether oxygens (including phenoxy) is 1. The molecule has 1 amide bonds. The molecule has 0 aliphatic rings. The molecule has 2 N–H and O–H groups in total. The van der Waals surface area contributed by atoms with Crippen LogP contribution in [0.2, 0.25) is 0 Å². The average molecular weight is 455 g/mol. The molecule has 0 aliphatic carbocycles. The molecule has 0 radical (unpaired) electrons. The summed E-state index contributed by atoms with van der Waals surface area (Å²) in [5.41, 5.74) is 2.97. The number of nitrogens with zero attached hydrogens (tertiary/aromatic N) is 4. The Labute approximate surface area is 188 Å². The van der Waals surface area contributed by atoms with Crippen molar-refractivity contribution in [3.05, 3.63) is 53.7 Å². The molecule has 0 fully saturated rings. The van der Waals surface area contributed by atoms with E-state index in [1.807, 2.05) is 42.7 Å². The van der Waals surface area contributed by atoms with E-state index in [-0.39, 0.29) is 11.7 Å². The number of carbonyl (C=O) groups is 1. The fourth-order valence-corrected chi connectivity index (χ4v) is 4.47. The van der Waals surface area contributed by atoms with Crippen molar-refractivity contribution in [2.45, 2.75) is 18.2 Å². The van der Waals surface area contributed by atoms with Crippen LogP contribution in [0, 0.1) is 25.2 Å². The van der Waals surface area contributed by atoms with E-state index < -0.39 is 0 Å². The van der Waals surface area contributed by atoms with Gasteiger partial charge in [0.15, 0.2) is 4.34 Å². The average Bonchev–Trinajstić information content (AvgIpc) is 3.33. The van der Waals surface area contributed by atoms with E-state index in [4.69, 9.17) is 4.74 Å². The molecule has 0 unspecified atom stereocenters. The van der Waals surface area contributed by atoms with Gasteiger partial charge in [-0.15, -0.1) is 16.8 Å². The number of benzene rings is 1. The van der Waals surface area contributed by atoms with E-state index in [1.165, 1.54) is 23.1 Å². The highest BCUT2D eigenvalue weighted by Gasteiger charge is 2.21. The van der Waals surface area contributed by atoms with Crippen molar-refractivity contribution in [3.8, 4) is 17.5 Å². The molecule has 0 saturated carbocycles. The monoisotopic (exact) mass is 454 g/mol. The molecule has 0 aliphatic heterocycles. The van der Waals surface area contributed by atoms with Gasteiger partial charge in [0, 0.05) is 17.9 Å². The van der Waals surface area contributed by atoms with Gasteiger partial charge in [0.25, 0.3) is 0 Å². The van der Waals surface area contributed by atoms with Crippen LogP contribution in [0.4, 0.5) is 10.9 Å². The first kappa shape index (κ1) is 22.4. The lowest BCUT2D eigenvalue weighted by molar-refractivity contribution is -0.113. The lowest BCUT2D eigenvalue weighted by Gasteiger charge is -2.13. The molecule has 10 heteroatoms. The molecule has 31 heavy (non-hydrogen) atoms. The number of hydrogen-bond donors (Lipinski definition) is 2. The normalized spacial score (nSPS) is 10.4. The van der Waals surface area contributed by atoms with Crippen LogP contribution in [0.25, 0.3) is 5.69 Å². The molecule has 1 aromatic carbocycles. The minimum absolute atomic E-state index is 0.146. The smallest absolute Gasteiger partial charge is 0.235 e. The zero-order valence-corrected chi connectivity index (χ0v) is 19.1. The minimum atomic E-state index is -0.232. The molecule has 2 heterocycles. The van der Waals surface area contributed by atoms with E-state index in [2.05, 4.69) is 33.5 Å². The van der Waals surface area contributed by atoms with E-state index in [0.717, 1.165) is 22.7 Å². The molecule has 160 valence electrons. The number of amides is 1. The number of methoxy groups -OCH3 is 1. The van der Waals surface area contributed by atoms with Crippen molar-refractivity contribution in [2.75, 3.05) is 30.0 Å². The van der Waals surface area contributed by atoms with Crippen molar-refractivity contribution < 1.29 is 9.53 Å². The third-order valence-electron chi connectivity index (χ3n) is 4.54. The van der Waals surface area contributed by atoms with Gasteiger partial charge in [-0.3, -0.25) is 9.36 Å². The minimum Gasteiger partial charge on any atom is -0.497 e. The lowest BCUT2D eigenvalue weighted by atomic mass is 10.2. The van der Waals surface area contributed by atoms with Crippen LogP contribution >= 0.6 is 23.1 Å². The van der Waals surface area contributed by atoms with E-state index in [9.17, 15) is 10.1 Å². The van der Waals surface area contributed by atoms with Crippen LogP contribution < -0.4 is 15.4 Å². The molecule has 0 atom stereocenters. The Morgan fingerprint density at radius 2 is 2.10 bits per heavy atom. The zero-order valence-electron chi connectivity index (χ0n) is 17.4. The van der Waals surface area contributed by atoms with Crippen LogP contribution in [0.15, 0.2) is 41.3 Å². The van der Waals surface area contributed by atoms with E-state index in [0.29, 0.717) is 27.4 Å². The van der Waals surface area contributed by atoms with Crippen LogP contribution in [0.1, 0.15) is 16.8 Å². The number of nitriles is 1. The molecule has 8 nitrogen and oxygen atoms in total. The first-order chi connectivity index (χ1) is 15.0. The first-order valence-corrected chi connectivity index (χ1v) is 11.2. The maximum absolute atomic E-state index is 12.7. The van der Waals surface area contributed by atoms with Crippen molar-refractivity contribution in [1.82, 2.24) is 14.8 Å². The molecule has 0 bridgehead atoms. The summed E-state index contributed by atoms with van der Waals surface area (Å²) in [6.07, 6.45) is 1.73. The quantitative estimate of drug-likeness (QED) is 0.369. The van der Waals surface area contributed by atoms with Crippen molar-refractivity contribution in [2.24, 2.45) is 0 Å². The Morgan fingerprint density at radius 1 is 1.35 bits per heavy atom. The van der Waals surface area contributed by atoms with Gasteiger partial charge in [-0.2, -0.15) is 5.26 Å².